The molecule has 1 heterocycles. The van der Waals surface area contributed by atoms with Crippen LogP contribution in [0.4, 0.5) is 16.2 Å². The second kappa shape index (κ2) is 7.40. The lowest BCUT2D eigenvalue weighted by Crippen LogP contribution is -2.30. The summed E-state index contributed by atoms with van der Waals surface area (Å²) in [6, 6.07) is 4.52. The lowest BCUT2D eigenvalue weighted by Gasteiger charge is -2.19. The molecule has 2 amide bonds. The summed E-state index contributed by atoms with van der Waals surface area (Å²) < 4.78 is 25.3. The molecular formula is C15H22ClN3O3S. The molecule has 6 nitrogen and oxygen atoms in total. The van der Waals surface area contributed by atoms with Gasteiger partial charge in [-0.2, -0.15) is 0 Å². The molecule has 0 saturated carbocycles. The monoisotopic (exact) mass is 359 g/mol. The molecule has 128 valence electrons. The Hall–Kier alpha value is -1.47. The van der Waals surface area contributed by atoms with Crippen molar-refractivity contribution >= 4 is 39.0 Å². The van der Waals surface area contributed by atoms with Crippen molar-refractivity contribution in [1.82, 2.24) is 5.32 Å². The van der Waals surface area contributed by atoms with Gasteiger partial charge in [0.2, 0.25) is 10.0 Å². The minimum absolute atomic E-state index is 0.122. The number of rotatable bonds is 5. The highest BCUT2D eigenvalue weighted by Crippen LogP contribution is 2.33. The van der Waals surface area contributed by atoms with E-state index in [0.29, 0.717) is 41.8 Å². The van der Waals surface area contributed by atoms with E-state index in [0.717, 1.165) is 6.42 Å². The van der Waals surface area contributed by atoms with Crippen molar-refractivity contribution in [3.63, 3.8) is 0 Å². The van der Waals surface area contributed by atoms with E-state index in [2.05, 4.69) is 24.5 Å². The zero-order valence-electron chi connectivity index (χ0n) is 13.3. The summed E-state index contributed by atoms with van der Waals surface area (Å²) in [7, 11) is -3.31. The van der Waals surface area contributed by atoms with Crippen LogP contribution in [0.2, 0.25) is 5.02 Å². The maximum absolute atomic E-state index is 12.0. The van der Waals surface area contributed by atoms with Crippen molar-refractivity contribution < 1.29 is 13.2 Å². The summed E-state index contributed by atoms with van der Waals surface area (Å²) in [6.45, 7) is 5.17. The van der Waals surface area contributed by atoms with E-state index in [4.69, 9.17) is 11.6 Å². The molecule has 2 rings (SSSR count). The van der Waals surface area contributed by atoms with Gasteiger partial charge >= 0.3 is 6.03 Å². The molecule has 1 aliphatic rings. The van der Waals surface area contributed by atoms with Gasteiger partial charge in [-0.25, -0.2) is 13.2 Å². The van der Waals surface area contributed by atoms with Gasteiger partial charge < -0.3 is 10.6 Å². The van der Waals surface area contributed by atoms with E-state index in [1.165, 1.54) is 4.31 Å². The van der Waals surface area contributed by atoms with Crippen LogP contribution in [0.5, 0.6) is 0 Å². The van der Waals surface area contributed by atoms with Gasteiger partial charge in [0.1, 0.15) is 0 Å². The third kappa shape index (κ3) is 4.75. The number of nitrogens with one attached hydrogen (secondary N) is 2. The Bertz CT molecular complexity index is 677. The smallest absolute Gasteiger partial charge is 0.319 e. The highest BCUT2D eigenvalue weighted by atomic mass is 35.5. The first-order chi connectivity index (χ1) is 10.8. The van der Waals surface area contributed by atoms with Crippen LogP contribution in [0.25, 0.3) is 0 Å². The predicted molar refractivity (Wildman–Crippen MR) is 93.7 cm³/mol. The van der Waals surface area contributed by atoms with Crippen LogP contribution in [-0.4, -0.2) is 33.3 Å². The van der Waals surface area contributed by atoms with Gasteiger partial charge in [-0.3, -0.25) is 4.31 Å². The first kappa shape index (κ1) is 17.9. The van der Waals surface area contributed by atoms with Gasteiger partial charge in [0.05, 0.1) is 16.5 Å². The van der Waals surface area contributed by atoms with Crippen LogP contribution >= 0.6 is 11.6 Å². The van der Waals surface area contributed by atoms with Gasteiger partial charge in [-0.1, -0.05) is 25.4 Å². The van der Waals surface area contributed by atoms with E-state index < -0.39 is 10.0 Å². The van der Waals surface area contributed by atoms with Gasteiger partial charge in [0.15, 0.2) is 0 Å². The van der Waals surface area contributed by atoms with Crippen molar-refractivity contribution in [3.8, 4) is 0 Å². The molecule has 1 aliphatic heterocycles. The number of carbonyl (C=O) groups is 1. The van der Waals surface area contributed by atoms with Crippen LogP contribution in [0.1, 0.15) is 26.7 Å². The normalized spacial score (nSPS) is 16.6. The average molecular weight is 360 g/mol. The third-order valence-corrected chi connectivity index (χ3v) is 5.75. The zero-order valence-corrected chi connectivity index (χ0v) is 14.9. The van der Waals surface area contributed by atoms with Gasteiger partial charge in [-0.15, -0.1) is 0 Å². The summed E-state index contributed by atoms with van der Waals surface area (Å²) >= 11 is 6.12. The van der Waals surface area contributed by atoms with E-state index in [-0.39, 0.29) is 11.8 Å². The predicted octanol–water partition coefficient (Wildman–Crippen LogP) is 3.05. The first-order valence-corrected chi connectivity index (χ1v) is 9.63. The van der Waals surface area contributed by atoms with E-state index in [1.807, 2.05) is 0 Å². The van der Waals surface area contributed by atoms with Crippen molar-refractivity contribution in [1.29, 1.82) is 0 Å². The second-order valence-corrected chi connectivity index (χ2v) is 8.39. The molecule has 0 spiro atoms. The third-order valence-electron chi connectivity index (χ3n) is 3.58. The van der Waals surface area contributed by atoms with Crippen LogP contribution in [-0.2, 0) is 10.0 Å². The lowest BCUT2D eigenvalue weighted by atomic mass is 10.1. The van der Waals surface area contributed by atoms with Crippen LogP contribution in [0.15, 0.2) is 18.2 Å². The van der Waals surface area contributed by atoms with Crippen molar-refractivity contribution in [3.05, 3.63) is 23.2 Å². The summed E-state index contributed by atoms with van der Waals surface area (Å²) in [5, 5.41) is 5.82. The van der Waals surface area contributed by atoms with E-state index in [9.17, 15) is 13.2 Å². The number of hydrogen-bond acceptors (Lipinski definition) is 3. The van der Waals surface area contributed by atoms with Gasteiger partial charge in [0.25, 0.3) is 0 Å². The summed E-state index contributed by atoms with van der Waals surface area (Å²) in [5.41, 5.74) is 0.915. The topological polar surface area (TPSA) is 78.5 Å². The lowest BCUT2D eigenvalue weighted by molar-refractivity contribution is 0.251. The minimum atomic E-state index is -3.31. The van der Waals surface area contributed by atoms with E-state index >= 15 is 0 Å². The molecule has 0 radical (unpaired) electrons. The largest absolute Gasteiger partial charge is 0.338 e. The Balaban J connectivity index is 2.07. The fraction of sp³-hybridized carbons (Fsp3) is 0.533. The number of benzene rings is 1. The SMILES string of the molecule is CC(C)CCNC(=O)Nc1ccc(Cl)c(N2CCCS2(=O)=O)c1. The Morgan fingerprint density at radius 3 is 2.74 bits per heavy atom. The second-order valence-electron chi connectivity index (χ2n) is 5.97. The van der Waals surface area contributed by atoms with E-state index in [1.54, 1.807) is 18.2 Å². The zero-order chi connectivity index (χ0) is 17.0. The van der Waals surface area contributed by atoms with Crippen molar-refractivity contribution in [2.75, 3.05) is 28.5 Å². The molecule has 1 saturated heterocycles. The Morgan fingerprint density at radius 1 is 1.39 bits per heavy atom. The molecule has 0 aliphatic carbocycles. The standard InChI is InChI=1S/C15H22ClN3O3S/c1-11(2)6-7-17-15(20)18-12-4-5-13(16)14(10-12)19-8-3-9-23(19,21)22/h4-5,10-11H,3,6-9H2,1-2H3,(H2,17,18,20). The Labute approximate surface area is 142 Å². The molecule has 0 unspecified atom stereocenters. The summed E-state index contributed by atoms with van der Waals surface area (Å²) in [5.74, 6) is 0.634. The number of urea groups is 1. The average Bonchev–Trinajstić information content (AvgIpc) is 2.80. The molecular weight excluding hydrogens is 338 g/mol. The molecule has 1 aromatic rings. The number of sulfonamides is 1. The fourth-order valence-electron chi connectivity index (χ4n) is 2.34. The van der Waals surface area contributed by atoms with Crippen LogP contribution in [0.3, 0.4) is 0 Å². The molecule has 1 fully saturated rings. The number of hydrogen-bond donors (Lipinski definition) is 2. The molecule has 2 N–H and O–H groups in total. The number of carbonyl (C=O) groups excluding carboxylic acids is 1. The quantitative estimate of drug-likeness (QED) is 0.848. The van der Waals surface area contributed by atoms with Crippen LogP contribution in [0, 0.1) is 5.92 Å². The van der Waals surface area contributed by atoms with Crippen molar-refractivity contribution in [2.45, 2.75) is 26.7 Å². The Morgan fingerprint density at radius 2 is 2.13 bits per heavy atom. The number of nitrogens with zero attached hydrogens (tertiary/aromatic N) is 1. The number of anilines is 2. The molecule has 0 aromatic heterocycles. The molecule has 1 aromatic carbocycles. The molecule has 0 bridgehead atoms. The highest BCUT2D eigenvalue weighted by Gasteiger charge is 2.30. The maximum Gasteiger partial charge on any atom is 0.319 e. The number of halogens is 1. The fourth-order valence-corrected chi connectivity index (χ4v) is 4.18. The number of amides is 2. The van der Waals surface area contributed by atoms with Gasteiger partial charge in [-0.05, 0) is 37.0 Å². The molecule has 8 heteroatoms. The maximum atomic E-state index is 12.0. The minimum Gasteiger partial charge on any atom is -0.338 e. The van der Waals surface area contributed by atoms with Crippen molar-refractivity contribution in [2.24, 2.45) is 5.92 Å². The van der Waals surface area contributed by atoms with Crippen LogP contribution < -0.4 is 14.9 Å². The van der Waals surface area contributed by atoms with Gasteiger partial charge in [0, 0.05) is 18.8 Å². The Kier molecular flexibility index (Phi) is 5.75. The first-order valence-electron chi connectivity index (χ1n) is 7.64. The summed E-state index contributed by atoms with van der Waals surface area (Å²) in [4.78, 5) is 11.9. The summed E-state index contributed by atoms with van der Waals surface area (Å²) in [6.07, 6.45) is 1.47. The molecule has 23 heavy (non-hydrogen) atoms. The highest BCUT2D eigenvalue weighted by molar-refractivity contribution is 7.93. The molecule has 0 atom stereocenters.